The van der Waals surface area contributed by atoms with E-state index in [2.05, 4.69) is 57.7 Å². The number of anilines is 1. The van der Waals surface area contributed by atoms with Gasteiger partial charge < -0.3 is 4.98 Å². The highest BCUT2D eigenvalue weighted by molar-refractivity contribution is 9.10. The maximum Gasteiger partial charge on any atom is 0.265 e. The van der Waals surface area contributed by atoms with E-state index in [0.29, 0.717) is 11.6 Å². The van der Waals surface area contributed by atoms with E-state index in [0.717, 1.165) is 45.1 Å². The van der Waals surface area contributed by atoms with Crippen molar-refractivity contribution >= 4 is 49.7 Å². The topological polar surface area (TPSA) is 91.7 Å². The number of pyridine rings is 1. The Kier molecular flexibility index (Phi) is 3.24. The highest BCUT2D eigenvalue weighted by atomic mass is 79.9. The zero-order valence-electron chi connectivity index (χ0n) is 13.0. The lowest BCUT2D eigenvalue weighted by molar-refractivity contribution is 1.00. The van der Waals surface area contributed by atoms with Crippen molar-refractivity contribution in [1.29, 1.82) is 0 Å². The first-order valence-electron chi connectivity index (χ1n) is 7.86. The van der Waals surface area contributed by atoms with E-state index in [-0.39, 0.29) is 0 Å². The fourth-order valence-electron chi connectivity index (χ4n) is 3.09. The van der Waals surface area contributed by atoms with Gasteiger partial charge in [0.1, 0.15) is 5.52 Å². The summed E-state index contributed by atoms with van der Waals surface area (Å²) in [5, 5.41) is 13.8. The zero-order chi connectivity index (χ0) is 16.8. The maximum absolute atomic E-state index is 4.48. The summed E-state index contributed by atoms with van der Waals surface area (Å²) >= 11 is 3.47. The lowest BCUT2D eigenvalue weighted by atomic mass is 10.2. The number of H-pyrrole nitrogens is 1. The van der Waals surface area contributed by atoms with Gasteiger partial charge in [0.15, 0.2) is 5.65 Å². The first-order valence-corrected chi connectivity index (χ1v) is 8.66. The molecule has 5 rings (SSSR count). The third kappa shape index (κ3) is 2.45. The molecule has 0 radical (unpaired) electrons. The molecule has 0 saturated carbocycles. The molecule has 122 valence electrons. The van der Waals surface area contributed by atoms with Crippen molar-refractivity contribution < 1.29 is 0 Å². The molecule has 1 aliphatic carbocycles. The largest absolute Gasteiger partial charge is 0.338 e. The Hall–Kier alpha value is -2.87. The van der Waals surface area contributed by atoms with Gasteiger partial charge in [0.2, 0.25) is 0 Å². The fourth-order valence-corrected chi connectivity index (χ4v) is 3.45. The van der Waals surface area contributed by atoms with Crippen molar-refractivity contribution in [3.05, 3.63) is 52.3 Å². The highest BCUT2D eigenvalue weighted by Gasteiger charge is 2.18. The molecule has 0 unspecified atom stereocenters. The molecule has 0 fully saturated rings. The standard InChI is InChI=1S/C17H12BrN7/c18-10-4-6-12-11(8-10)15-16(20-12)21-17(25-23-15)24-22-13-5-3-9-2-1-7-19-14(9)13/h1-2,4,6-8H,3,5H2,(H2,20,21,24,25)/b22-13+. The van der Waals surface area contributed by atoms with Crippen molar-refractivity contribution in [1.82, 2.24) is 25.1 Å². The molecule has 8 heteroatoms. The maximum atomic E-state index is 4.48. The molecular weight excluding hydrogens is 382 g/mol. The zero-order valence-corrected chi connectivity index (χ0v) is 14.6. The van der Waals surface area contributed by atoms with Crippen molar-refractivity contribution in [3.8, 4) is 0 Å². The van der Waals surface area contributed by atoms with Gasteiger partial charge >= 0.3 is 0 Å². The minimum Gasteiger partial charge on any atom is -0.338 e. The van der Waals surface area contributed by atoms with Crippen molar-refractivity contribution in [2.45, 2.75) is 12.8 Å². The van der Waals surface area contributed by atoms with Gasteiger partial charge in [-0.1, -0.05) is 22.0 Å². The van der Waals surface area contributed by atoms with Crippen LogP contribution in [0.25, 0.3) is 22.1 Å². The minimum atomic E-state index is 0.356. The van der Waals surface area contributed by atoms with Crippen molar-refractivity contribution in [2.24, 2.45) is 5.10 Å². The number of aromatic nitrogens is 5. The van der Waals surface area contributed by atoms with Gasteiger partial charge in [-0.3, -0.25) is 4.98 Å². The summed E-state index contributed by atoms with van der Waals surface area (Å²) in [6, 6.07) is 9.99. The molecule has 1 aliphatic rings. The molecule has 25 heavy (non-hydrogen) atoms. The van der Waals surface area contributed by atoms with Crippen LogP contribution >= 0.6 is 15.9 Å². The molecule has 1 aromatic carbocycles. The number of hydrazone groups is 1. The van der Waals surface area contributed by atoms with Crippen LogP contribution < -0.4 is 5.43 Å². The second kappa shape index (κ2) is 5.59. The third-order valence-electron chi connectivity index (χ3n) is 4.26. The minimum absolute atomic E-state index is 0.356. The van der Waals surface area contributed by atoms with E-state index in [1.807, 2.05) is 24.3 Å². The Bertz CT molecular complexity index is 1150. The molecule has 3 aromatic heterocycles. The summed E-state index contributed by atoms with van der Waals surface area (Å²) in [5.41, 5.74) is 8.38. The van der Waals surface area contributed by atoms with E-state index in [1.54, 1.807) is 6.20 Å². The predicted octanol–water partition coefficient (Wildman–Crippen LogP) is 3.43. The van der Waals surface area contributed by atoms with Gasteiger partial charge in [-0.2, -0.15) is 10.1 Å². The lowest BCUT2D eigenvalue weighted by Crippen LogP contribution is -2.04. The number of rotatable bonds is 2. The summed E-state index contributed by atoms with van der Waals surface area (Å²) < 4.78 is 0.990. The normalized spacial score (nSPS) is 15.2. The number of benzene rings is 1. The quantitative estimate of drug-likeness (QED) is 0.509. The second-order valence-corrected chi connectivity index (χ2v) is 6.74. The number of nitrogens with one attached hydrogen (secondary N) is 2. The molecule has 0 atom stereocenters. The molecular formula is C17H12BrN7. The lowest BCUT2D eigenvalue weighted by Gasteiger charge is -2.00. The van der Waals surface area contributed by atoms with Gasteiger partial charge in [-0.25, -0.2) is 5.43 Å². The van der Waals surface area contributed by atoms with Crippen LogP contribution in [0.3, 0.4) is 0 Å². The van der Waals surface area contributed by atoms with Gasteiger partial charge in [-0.05, 0) is 42.7 Å². The number of nitrogens with zero attached hydrogens (tertiary/aromatic N) is 5. The number of aromatic amines is 1. The molecule has 0 aliphatic heterocycles. The number of fused-ring (bicyclic) bond motifs is 4. The first kappa shape index (κ1) is 14.5. The highest BCUT2D eigenvalue weighted by Crippen LogP contribution is 2.26. The van der Waals surface area contributed by atoms with Gasteiger partial charge in [0.05, 0.1) is 11.4 Å². The van der Waals surface area contributed by atoms with E-state index in [4.69, 9.17) is 0 Å². The molecule has 0 bridgehead atoms. The van der Waals surface area contributed by atoms with Gasteiger partial charge in [-0.15, -0.1) is 10.2 Å². The van der Waals surface area contributed by atoms with E-state index in [1.165, 1.54) is 5.56 Å². The summed E-state index contributed by atoms with van der Waals surface area (Å²) in [5.74, 6) is 0.356. The average molecular weight is 394 g/mol. The Labute approximate surface area is 150 Å². The summed E-state index contributed by atoms with van der Waals surface area (Å²) in [6.45, 7) is 0. The Morgan fingerprint density at radius 2 is 2.12 bits per heavy atom. The average Bonchev–Trinajstić information content (AvgIpc) is 3.20. The second-order valence-electron chi connectivity index (χ2n) is 5.83. The van der Waals surface area contributed by atoms with Gasteiger partial charge in [0.25, 0.3) is 5.95 Å². The van der Waals surface area contributed by atoms with Crippen LogP contribution in [-0.4, -0.2) is 30.9 Å². The van der Waals surface area contributed by atoms with Crippen molar-refractivity contribution in [3.63, 3.8) is 0 Å². The molecule has 2 N–H and O–H groups in total. The molecule has 7 nitrogen and oxygen atoms in total. The third-order valence-corrected chi connectivity index (χ3v) is 4.76. The summed E-state index contributed by atoms with van der Waals surface area (Å²) in [6.07, 6.45) is 3.60. The number of hydrogen-bond acceptors (Lipinski definition) is 6. The van der Waals surface area contributed by atoms with Crippen LogP contribution in [0.4, 0.5) is 5.95 Å². The van der Waals surface area contributed by atoms with Gasteiger partial charge in [0, 0.05) is 21.6 Å². The molecule has 0 amide bonds. The van der Waals surface area contributed by atoms with E-state index >= 15 is 0 Å². The van der Waals surface area contributed by atoms with Crippen molar-refractivity contribution in [2.75, 3.05) is 5.43 Å². The molecule has 0 spiro atoms. The van der Waals surface area contributed by atoms with Crippen LogP contribution in [0, 0.1) is 0 Å². The van der Waals surface area contributed by atoms with Crippen LogP contribution in [0.2, 0.25) is 0 Å². The number of hydrogen-bond donors (Lipinski definition) is 2. The van der Waals surface area contributed by atoms with Crippen LogP contribution in [0.15, 0.2) is 46.1 Å². The monoisotopic (exact) mass is 393 g/mol. The summed E-state index contributed by atoms with van der Waals surface area (Å²) in [4.78, 5) is 12.1. The number of halogens is 1. The fraction of sp³-hybridized carbons (Fsp3) is 0.118. The van der Waals surface area contributed by atoms with Crippen LogP contribution in [0.5, 0.6) is 0 Å². The molecule has 3 heterocycles. The van der Waals surface area contributed by atoms with E-state index < -0.39 is 0 Å². The molecule has 0 saturated heterocycles. The van der Waals surface area contributed by atoms with E-state index in [9.17, 15) is 0 Å². The molecule has 4 aromatic rings. The smallest absolute Gasteiger partial charge is 0.265 e. The van der Waals surface area contributed by atoms with Crippen LogP contribution in [0.1, 0.15) is 17.7 Å². The SMILES string of the molecule is Brc1ccc2[nH]c3nc(N/N=C4\CCc5cccnc54)nnc3c2c1. The first-order chi connectivity index (χ1) is 12.3. The Morgan fingerprint density at radius 3 is 3.08 bits per heavy atom. The Balaban J connectivity index is 1.50. The van der Waals surface area contributed by atoms with Crippen LogP contribution in [-0.2, 0) is 6.42 Å². The number of aryl methyl sites for hydroxylation is 1. The Morgan fingerprint density at radius 1 is 1.16 bits per heavy atom. The predicted molar refractivity (Wildman–Crippen MR) is 99.6 cm³/mol. The summed E-state index contributed by atoms with van der Waals surface area (Å²) in [7, 11) is 0.